The highest BCUT2D eigenvalue weighted by Gasteiger charge is 2.29. The standard InChI is InChI=1S/C17H26N2O2/c1-4-6-7-12(5-2)11-21-13-8-9-14-15(10-13)19-17(20)16(14)18-3/h8-10,12,16,18H,4-7,11H2,1-3H3,(H,19,20). The monoisotopic (exact) mass is 290 g/mol. The lowest BCUT2D eigenvalue weighted by Crippen LogP contribution is -2.23. The molecule has 1 aromatic carbocycles. The van der Waals surface area contributed by atoms with Crippen LogP contribution < -0.4 is 15.4 Å². The van der Waals surface area contributed by atoms with Crippen molar-refractivity contribution < 1.29 is 9.53 Å². The second kappa shape index (κ2) is 7.46. The molecule has 1 amide bonds. The van der Waals surface area contributed by atoms with Gasteiger partial charge in [0.1, 0.15) is 11.8 Å². The number of nitrogens with one attached hydrogen (secondary N) is 2. The number of hydrogen-bond donors (Lipinski definition) is 2. The Hall–Kier alpha value is -1.55. The Bertz CT molecular complexity index is 488. The van der Waals surface area contributed by atoms with Crippen LogP contribution in [0.15, 0.2) is 18.2 Å². The molecular formula is C17H26N2O2. The molecule has 2 N–H and O–H groups in total. The third-order valence-electron chi connectivity index (χ3n) is 4.17. The van der Waals surface area contributed by atoms with Crippen molar-refractivity contribution in [2.45, 2.75) is 45.6 Å². The van der Waals surface area contributed by atoms with Crippen LogP contribution in [0.1, 0.15) is 51.1 Å². The number of likely N-dealkylation sites (N-methyl/N-ethyl adjacent to an activating group) is 1. The minimum atomic E-state index is -0.248. The van der Waals surface area contributed by atoms with E-state index in [4.69, 9.17) is 4.74 Å². The zero-order valence-electron chi connectivity index (χ0n) is 13.2. The van der Waals surface area contributed by atoms with Gasteiger partial charge in [0.25, 0.3) is 0 Å². The molecule has 0 aromatic heterocycles. The van der Waals surface area contributed by atoms with Crippen molar-refractivity contribution in [2.75, 3.05) is 19.0 Å². The molecule has 0 bridgehead atoms. The molecule has 0 radical (unpaired) electrons. The van der Waals surface area contributed by atoms with E-state index in [1.165, 1.54) is 19.3 Å². The molecule has 0 saturated carbocycles. The van der Waals surface area contributed by atoms with Crippen molar-refractivity contribution in [3.05, 3.63) is 23.8 Å². The smallest absolute Gasteiger partial charge is 0.246 e. The number of unbranched alkanes of at least 4 members (excludes halogenated alkanes) is 1. The van der Waals surface area contributed by atoms with Crippen LogP contribution in [-0.2, 0) is 4.79 Å². The van der Waals surface area contributed by atoms with Crippen LogP contribution in [0.5, 0.6) is 5.75 Å². The number of benzene rings is 1. The summed E-state index contributed by atoms with van der Waals surface area (Å²) in [6.07, 6.45) is 4.85. The van der Waals surface area contributed by atoms with Crippen molar-refractivity contribution in [1.29, 1.82) is 0 Å². The Morgan fingerprint density at radius 1 is 1.38 bits per heavy atom. The molecule has 1 heterocycles. The molecule has 0 saturated heterocycles. The Labute approximate surface area is 127 Å². The first-order valence-electron chi connectivity index (χ1n) is 7.94. The Morgan fingerprint density at radius 3 is 2.86 bits per heavy atom. The van der Waals surface area contributed by atoms with Gasteiger partial charge in [-0.25, -0.2) is 0 Å². The van der Waals surface area contributed by atoms with Crippen LogP contribution in [0.3, 0.4) is 0 Å². The van der Waals surface area contributed by atoms with Crippen LogP contribution >= 0.6 is 0 Å². The van der Waals surface area contributed by atoms with E-state index in [2.05, 4.69) is 24.5 Å². The lowest BCUT2D eigenvalue weighted by atomic mass is 10.0. The van der Waals surface area contributed by atoms with Gasteiger partial charge in [0.15, 0.2) is 0 Å². The highest BCUT2D eigenvalue weighted by molar-refractivity contribution is 6.02. The maximum absolute atomic E-state index is 11.8. The van der Waals surface area contributed by atoms with Gasteiger partial charge in [-0.15, -0.1) is 0 Å². The molecule has 0 spiro atoms. The molecule has 2 rings (SSSR count). The second-order valence-corrected chi connectivity index (χ2v) is 5.69. The Balaban J connectivity index is 1.97. The minimum absolute atomic E-state index is 0.000898. The summed E-state index contributed by atoms with van der Waals surface area (Å²) in [5.41, 5.74) is 1.85. The van der Waals surface area contributed by atoms with Crippen LogP contribution in [0.2, 0.25) is 0 Å². The van der Waals surface area contributed by atoms with Gasteiger partial charge in [-0.1, -0.05) is 39.2 Å². The van der Waals surface area contributed by atoms with E-state index in [-0.39, 0.29) is 11.9 Å². The molecule has 4 nitrogen and oxygen atoms in total. The van der Waals surface area contributed by atoms with Crippen LogP contribution in [0.25, 0.3) is 0 Å². The maximum Gasteiger partial charge on any atom is 0.246 e. The zero-order chi connectivity index (χ0) is 15.2. The summed E-state index contributed by atoms with van der Waals surface area (Å²) in [6, 6.07) is 5.60. The van der Waals surface area contributed by atoms with Gasteiger partial charge in [-0.2, -0.15) is 0 Å². The molecular weight excluding hydrogens is 264 g/mol. The Morgan fingerprint density at radius 2 is 2.19 bits per heavy atom. The molecule has 0 aliphatic carbocycles. The number of fused-ring (bicyclic) bond motifs is 1. The van der Waals surface area contributed by atoms with Crippen molar-refractivity contribution in [1.82, 2.24) is 5.32 Å². The average molecular weight is 290 g/mol. The van der Waals surface area contributed by atoms with Gasteiger partial charge in [-0.05, 0) is 25.5 Å². The van der Waals surface area contributed by atoms with Gasteiger partial charge in [0.05, 0.1) is 6.61 Å². The SMILES string of the molecule is CCCCC(CC)COc1ccc2c(c1)NC(=O)C2NC. The zero-order valence-corrected chi connectivity index (χ0v) is 13.2. The fraction of sp³-hybridized carbons (Fsp3) is 0.588. The van der Waals surface area contributed by atoms with E-state index in [1.54, 1.807) is 7.05 Å². The average Bonchev–Trinajstić information content (AvgIpc) is 2.81. The molecule has 2 atom stereocenters. The fourth-order valence-corrected chi connectivity index (χ4v) is 2.73. The summed E-state index contributed by atoms with van der Waals surface area (Å²) < 4.78 is 5.91. The first kappa shape index (κ1) is 15.8. The first-order chi connectivity index (χ1) is 10.2. The largest absolute Gasteiger partial charge is 0.493 e. The minimum Gasteiger partial charge on any atom is -0.493 e. The molecule has 21 heavy (non-hydrogen) atoms. The highest BCUT2D eigenvalue weighted by Crippen LogP contribution is 2.33. The van der Waals surface area contributed by atoms with Crippen molar-refractivity contribution in [3.63, 3.8) is 0 Å². The second-order valence-electron chi connectivity index (χ2n) is 5.69. The molecule has 0 fully saturated rings. The van der Waals surface area contributed by atoms with Gasteiger partial charge in [0.2, 0.25) is 5.91 Å². The molecule has 4 heteroatoms. The van der Waals surface area contributed by atoms with E-state index in [0.29, 0.717) is 5.92 Å². The fourth-order valence-electron chi connectivity index (χ4n) is 2.73. The summed E-state index contributed by atoms with van der Waals surface area (Å²) in [5, 5.41) is 5.91. The number of hydrogen-bond acceptors (Lipinski definition) is 3. The summed E-state index contributed by atoms with van der Waals surface area (Å²) in [4.78, 5) is 11.8. The number of ether oxygens (including phenoxy) is 1. The summed E-state index contributed by atoms with van der Waals surface area (Å²) in [5.74, 6) is 1.44. The van der Waals surface area contributed by atoms with E-state index < -0.39 is 0 Å². The van der Waals surface area contributed by atoms with E-state index in [1.807, 2.05) is 18.2 Å². The summed E-state index contributed by atoms with van der Waals surface area (Å²) in [6.45, 7) is 5.18. The number of carbonyl (C=O) groups is 1. The number of carbonyl (C=O) groups excluding carboxylic acids is 1. The van der Waals surface area contributed by atoms with Gasteiger partial charge >= 0.3 is 0 Å². The predicted octanol–water partition coefficient (Wildman–Crippen LogP) is 3.49. The van der Waals surface area contributed by atoms with E-state index in [9.17, 15) is 4.79 Å². The third-order valence-corrected chi connectivity index (χ3v) is 4.17. The Kier molecular flexibility index (Phi) is 5.62. The topological polar surface area (TPSA) is 50.4 Å². The highest BCUT2D eigenvalue weighted by atomic mass is 16.5. The van der Waals surface area contributed by atoms with E-state index >= 15 is 0 Å². The third kappa shape index (κ3) is 3.76. The number of rotatable bonds is 8. The summed E-state index contributed by atoms with van der Waals surface area (Å²) >= 11 is 0. The predicted molar refractivity (Wildman–Crippen MR) is 85.7 cm³/mol. The molecule has 1 aliphatic rings. The molecule has 1 aliphatic heterocycles. The van der Waals surface area contributed by atoms with Crippen molar-refractivity contribution in [3.8, 4) is 5.75 Å². The van der Waals surface area contributed by atoms with Crippen LogP contribution in [-0.4, -0.2) is 19.6 Å². The normalized spacial score (nSPS) is 18.2. The lowest BCUT2D eigenvalue weighted by Gasteiger charge is -2.16. The van der Waals surface area contributed by atoms with Crippen LogP contribution in [0.4, 0.5) is 5.69 Å². The van der Waals surface area contributed by atoms with Crippen molar-refractivity contribution in [2.24, 2.45) is 5.92 Å². The summed E-state index contributed by atoms with van der Waals surface area (Å²) in [7, 11) is 1.79. The van der Waals surface area contributed by atoms with Crippen molar-refractivity contribution >= 4 is 11.6 Å². The molecule has 116 valence electrons. The van der Waals surface area contributed by atoms with Crippen LogP contribution in [0, 0.1) is 5.92 Å². The van der Waals surface area contributed by atoms with E-state index in [0.717, 1.165) is 30.0 Å². The first-order valence-corrected chi connectivity index (χ1v) is 7.94. The molecule has 1 aromatic rings. The quantitative estimate of drug-likeness (QED) is 0.770. The maximum atomic E-state index is 11.8. The molecule has 2 unspecified atom stereocenters. The van der Waals surface area contributed by atoms with Gasteiger partial charge in [-0.3, -0.25) is 4.79 Å². The lowest BCUT2D eigenvalue weighted by molar-refractivity contribution is -0.117. The van der Waals surface area contributed by atoms with Gasteiger partial charge < -0.3 is 15.4 Å². The number of amides is 1. The van der Waals surface area contributed by atoms with Gasteiger partial charge in [0, 0.05) is 17.3 Å². The number of anilines is 1.